The summed E-state index contributed by atoms with van der Waals surface area (Å²) >= 11 is 0. The Balaban J connectivity index is 1.36. The number of hydrogen-bond acceptors (Lipinski definition) is 5. The molecule has 0 spiro atoms. The van der Waals surface area contributed by atoms with Crippen LogP contribution in [0.5, 0.6) is 0 Å². The van der Waals surface area contributed by atoms with Gasteiger partial charge in [0.25, 0.3) is 0 Å². The summed E-state index contributed by atoms with van der Waals surface area (Å²) in [5.41, 5.74) is 7.46. The summed E-state index contributed by atoms with van der Waals surface area (Å²) in [6, 6.07) is 8.90. The molecule has 3 N–H and O–H groups in total. The molecular weight excluding hydrogens is 352 g/mol. The molecule has 0 saturated carbocycles. The quantitative estimate of drug-likeness (QED) is 0.773. The highest BCUT2D eigenvalue weighted by atomic mass is 16.6. The Bertz CT molecular complexity index is 625. The van der Waals surface area contributed by atoms with Gasteiger partial charge in [-0.1, -0.05) is 0 Å². The summed E-state index contributed by atoms with van der Waals surface area (Å²) in [5.74, 6) is 0.554. The van der Waals surface area contributed by atoms with Crippen molar-refractivity contribution in [2.75, 3.05) is 43.4 Å². The number of nitrogens with two attached hydrogens (primary N) is 1. The fraction of sp³-hybridized carbons (Fsp3) is 0.682. The Hall–Kier alpha value is -1.95. The van der Waals surface area contributed by atoms with Gasteiger partial charge in [-0.3, -0.25) is 0 Å². The van der Waals surface area contributed by atoms with Crippen LogP contribution >= 0.6 is 0 Å². The SMILES string of the molecule is CC(C)(C)OC(=O)NCC1CCN(C2CCN(c3ccc(N)cc3)CC2)CC1. The van der Waals surface area contributed by atoms with Crippen LogP contribution in [-0.4, -0.2) is 55.4 Å². The predicted molar refractivity (Wildman–Crippen MR) is 115 cm³/mol. The summed E-state index contributed by atoms with van der Waals surface area (Å²) in [7, 11) is 0. The highest BCUT2D eigenvalue weighted by Crippen LogP contribution is 2.26. The Kier molecular flexibility index (Phi) is 6.70. The van der Waals surface area contributed by atoms with Crippen LogP contribution in [0.4, 0.5) is 16.2 Å². The Morgan fingerprint density at radius 1 is 1.07 bits per heavy atom. The van der Waals surface area contributed by atoms with Gasteiger partial charge in [0.2, 0.25) is 0 Å². The maximum absolute atomic E-state index is 11.8. The summed E-state index contributed by atoms with van der Waals surface area (Å²) < 4.78 is 5.33. The van der Waals surface area contributed by atoms with Crippen molar-refractivity contribution in [2.24, 2.45) is 5.92 Å². The van der Waals surface area contributed by atoms with Gasteiger partial charge in [-0.25, -0.2) is 4.79 Å². The standard InChI is InChI=1S/C22H36N4O2/c1-22(2,3)28-21(27)24-16-17-8-12-25(13-9-17)20-10-14-26(15-11-20)19-6-4-18(23)5-7-19/h4-7,17,20H,8-16,23H2,1-3H3,(H,24,27). The molecule has 3 rings (SSSR count). The monoisotopic (exact) mass is 388 g/mol. The number of alkyl carbamates (subject to hydrolysis) is 1. The van der Waals surface area contributed by atoms with Crippen LogP contribution < -0.4 is 16.0 Å². The number of nitrogens with zero attached hydrogens (tertiary/aromatic N) is 2. The van der Waals surface area contributed by atoms with Crippen molar-refractivity contribution >= 4 is 17.5 Å². The molecule has 0 bridgehead atoms. The molecule has 1 amide bonds. The summed E-state index contributed by atoms with van der Waals surface area (Å²) in [6.07, 6.45) is 4.42. The van der Waals surface area contributed by atoms with Crippen LogP contribution in [0.1, 0.15) is 46.5 Å². The van der Waals surface area contributed by atoms with E-state index in [-0.39, 0.29) is 6.09 Å². The number of ether oxygens (including phenoxy) is 1. The minimum absolute atomic E-state index is 0.301. The molecule has 2 aliphatic rings. The average Bonchev–Trinajstić information content (AvgIpc) is 2.66. The zero-order valence-electron chi connectivity index (χ0n) is 17.6. The number of nitrogen functional groups attached to an aromatic ring is 1. The lowest BCUT2D eigenvalue weighted by Gasteiger charge is -2.42. The molecule has 156 valence electrons. The molecule has 6 nitrogen and oxygen atoms in total. The van der Waals surface area contributed by atoms with Gasteiger partial charge in [0, 0.05) is 37.1 Å². The minimum atomic E-state index is -0.436. The molecule has 2 aliphatic heterocycles. The predicted octanol–water partition coefficient (Wildman–Crippen LogP) is 3.47. The first-order valence-corrected chi connectivity index (χ1v) is 10.6. The molecule has 0 radical (unpaired) electrons. The Morgan fingerprint density at radius 2 is 1.68 bits per heavy atom. The fourth-order valence-electron chi connectivity index (χ4n) is 4.24. The normalized spacial score (nSPS) is 20.2. The van der Waals surface area contributed by atoms with Gasteiger partial charge in [0.1, 0.15) is 5.60 Å². The van der Waals surface area contributed by atoms with Crippen LogP contribution in [0.15, 0.2) is 24.3 Å². The first-order valence-electron chi connectivity index (χ1n) is 10.6. The van der Waals surface area contributed by atoms with E-state index < -0.39 is 5.60 Å². The van der Waals surface area contributed by atoms with E-state index in [0.29, 0.717) is 12.0 Å². The van der Waals surface area contributed by atoms with Gasteiger partial charge in [0.05, 0.1) is 0 Å². The van der Waals surface area contributed by atoms with Crippen molar-refractivity contribution in [3.05, 3.63) is 24.3 Å². The lowest BCUT2D eigenvalue weighted by Crippen LogP contribution is -2.48. The van der Waals surface area contributed by atoms with Crippen LogP contribution in [0.25, 0.3) is 0 Å². The summed E-state index contributed by atoms with van der Waals surface area (Å²) in [6.45, 7) is 10.9. The van der Waals surface area contributed by atoms with Gasteiger partial charge in [-0.15, -0.1) is 0 Å². The largest absolute Gasteiger partial charge is 0.444 e. The first kappa shape index (κ1) is 20.8. The van der Waals surface area contributed by atoms with Gasteiger partial charge in [0.15, 0.2) is 0 Å². The van der Waals surface area contributed by atoms with E-state index in [1.807, 2.05) is 32.9 Å². The molecule has 6 heteroatoms. The number of anilines is 2. The molecule has 0 atom stereocenters. The first-order chi connectivity index (χ1) is 13.3. The van der Waals surface area contributed by atoms with Crippen molar-refractivity contribution in [1.82, 2.24) is 10.2 Å². The molecular formula is C22H36N4O2. The van der Waals surface area contributed by atoms with Crippen LogP contribution in [0, 0.1) is 5.92 Å². The number of hydrogen-bond donors (Lipinski definition) is 2. The molecule has 2 saturated heterocycles. The molecule has 2 heterocycles. The number of rotatable bonds is 4. The highest BCUT2D eigenvalue weighted by molar-refractivity contribution is 5.67. The maximum atomic E-state index is 11.8. The Morgan fingerprint density at radius 3 is 2.25 bits per heavy atom. The number of benzene rings is 1. The summed E-state index contributed by atoms with van der Waals surface area (Å²) in [4.78, 5) is 16.9. The maximum Gasteiger partial charge on any atom is 0.407 e. The third kappa shape index (κ3) is 6.03. The third-order valence-corrected chi connectivity index (χ3v) is 5.82. The molecule has 2 fully saturated rings. The van der Waals surface area contributed by atoms with Gasteiger partial charge < -0.3 is 25.6 Å². The molecule has 0 unspecified atom stereocenters. The topological polar surface area (TPSA) is 70.8 Å². The van der Waals surface area contributed by atoms with E-state index in [1.165, 1.54) is 18.5 Å². The minimum Gasteiger partial charge on any atom is -0.444 e. The second-order valence-corrected chi connectivity index (χ2v) is 9.17. The fourth-order valence-corrected chi connectivity index (χ4v) is 4.24. The number of amides is 1. The number of carbonyl (C=O) groups excluding carboxylic acids is 1. The number of likely N-dealkylation sites (tertiary alicyclic amines) is 1. The second-order valence-electron chi connectivity index (χ2n) is 9.17. The number of piperidine rings is 2. The van der Waals surface area contributed by atoms with E-state index in [2.05, 4.69) is 27.2 Å². The lowest BCUT2D eigenvalue weighted by molar-refractivity contribution is 0.0502. The van der Waals surface area contributed by atoms with Crippen LogP contribution in [0.2, 0.25) is 0 Å². The van der Waals surface area contributed by atoms with Crippen LogP contribution in [-0.2, 0) is 4.74 Å². The van der Waals surface area contributed by atoms with E-state index in [9.17, 15) is 4.79 Å². The second kappa shape index (κ2) is 9.03. The zero-order valence-corrected chi connectivity index (χ0v) is 17.6. The van der Waals surface area contributed by atoms with Crippen molar-refractivity contribution in [1.29, 1.82) is 0 Å². The van der Waals surface area contributed by atoms with Crippen molar-refractivity contribution in [3.8, 4) is 0 Å². The number of nitrogens with one attached hydrogen (secondary N) is 1. The smallest absolute Gasteiger partial charge is 0.407 e. The lowest BCUT2D eigenvalue weighted by atomic mass is 9.93. The van der Waals surface area contributed by atoms with Gasteiger partial charge >= 0.3 is 6.09 Å². The van der Waals surface area contributed by atoms with Crippen molar-refractivity contribution in [2.45, 2.75) is 58.1 Å². The van der Waals surface area contributed by atoms with E-state index in [4.69, 9.17) is 10.5 Å². The molecule has 1 aromatic rings. The van der Waals surface area contributed by atoms with Crippen molar-refractivity contribution in [3.63, 3.8) is 0 Å². The average molecular weight is 389 g/mol. The zero-order chi connectivity index (χ0) is 20.1. The van der Waals surface area contributed by atoms with Crippen molar-refractivity contribution < 1.29 is 9.53 Å². The van der Waals surface area contributed by atoms with E-state index in [1.54, 1.807) is 0 Å². The molecule has 1 aromatic carbocycles. The van der Waals surface area contributed by atoms with E-state index in [0.717, 1.165) is 51.3 Å². The highest BCUT2D eigenvalue weighted by Gasteiger charge is 2.28. The molecule has 0 aliphatic carbocycles. The van der Waals surface area contributed by atoms with Gasteiger partial charge in [-0.2, -0.15) is 0 Å². The third-order valence-electron chi connectivity index (χ3n) is 5.82. The summed E-state index contributed by atoms with van der Waals surface area (Å²) in [5, 5.41) is 2.94. The van der Waals surface area contributed by atoms with E-state index >= 15 is 0 Å². The molecule has 28 heavy (non-hydrogen) atoms. The van der Waals surface area contributed by atoms with Crippen LogP contribution in [0.3, 0.4) is 0 Å². The number of carbonyl (C=O) groups is 1. The Labute approximate surface area is 169 Å². The van der Waals surface area contributed by atoms with Gasteiger partial charge in [-0.05, 0) is 89.7 Å². The molecule has 0 aromatic heterocycles.